The summed E-state index contributed by atoms with van der Waals surface area (Å²) in [6.07, 6.45) is 2.22. The average Bonchev–Trinajstić information content (AvgIpc) is 2.95. The molecule has 1 aliphatic rings. The molecule has 3 nitrogen and oxygen atoms in total. The Hall–Kier alpha value is -0.780. The number of benzene rings is 1. The lowest BCUT2D eigenvalue weighted by Gasteiger charge is -2.06. The van der Waals surface area contributed by atoms with Gasteiger partial charge in [-0.25, -0.2) is 4.99 Å². The zero-order valence-corrected chi connectivity index (χ0v) is 12.6. The fourth-order valence-electron chi connectivity index (χ4n) is 1.66. The molecule has 94 valence electrons. The Bertz CT molecular complexity index is 386. The Morgan fingerprint density at radius 1 is 1.41 bits per heavy atom. The van der Waals surface area contributed by atoms with E-state index in [1.807, 2.05) is 12.1 Å². The van der Waals surface area contributed by atoms with Crippen molar-refractivity contribution < 1.29 is 0 Å². The first-order chi connectivity index (χ1) is 7.69. The molecular formula is C13H20IN3. The van der Waals surface area contributed by atoms with Crippen molar-refractivity contribution in [1.82, 2.24) is 0 Å². The number of aliphatic imine (C=N–C) groups is 1. The molecule has 0 aromatic heterocycles. The SMILES string of the molecule is CCc1ccc(NC(N)=NC2CC2C)cc1.I. The van der Waals surface area contributed by atoms with Gasteiger partial charge in [0.2, 0.25) is 0 Å². The fourth-order valence-corrected chi connectivity index (χ4v) is 1.66. The van der Waals surface area contributed by atoms with Crippen molar-refractivity contribution in [1.29, 1.82) is 0 Å². The molecule has 17 heavy (non-hydrogen) atoms. The normalized spacial score (nSPS) is 22.8. The van der Waals surface area contributed by atoms with Crippen LogP contribution in [0.25, 0.3) is 0 Å². The number of hydrogen-bond donors (Lipinski definition) is 2. The third kappa shape index (κ3) is 4.18. The van der Waals surface area contributed by atoms with Gasteiger partial charge in [-0.05, 0) is 36.5 Å². The van der Waals surface area contributed by atoms with E-state index in [-0.39, 0.29) is 24.0 Å². The van der Waals surface area contributed by atoms with Crippen molar-refractivity contribution in [2.75, 3.05) is 5.32 Å². The number of hydrogen-bond acceptors (Lipinski definition) is 1. The van der Waals surface area contributed by atoms with Crippen molar-refractivity contribution in [3.05, 3.63) is 29.8 Å². The number of nitrogens with zero attached hydrogens (tertiary/aromatic N) is 1. The highest BCUT2D eigenvalue weighted by molar-refractivity contribution is 14.0. The lowest BCUT2D eigenvalue weighted by Crippen LogP contribution is -2.23. The predicted molar refractivity (Wildman–Crippen MR) is 84.0 cm³/mol. The van der Waals surface area contributed by atoms with Crippen LogP contribution in [0.5, 0.6) is 0 Å². The topological polar surface area (TPSA) is 50.4 Å². The first-order valence-corrected chi connectivity index (χ1v) is 5.88. The maximum Gasteiger partial charge on any atom is 0.193 e. The molecule has 0 aliphatic heterocycles. The van der Waals surface area contributed by atoms with Crippen molar-refractivity contribution in [2.24, 2.45) is 16.6 Å². The summed E-state index contributed by atoms with van der Waals surface area (Å²) in [5.41, 5.74) is 8.16. The average molecular weight is 345 g/mol. The fraction of sp³-hybridized carbons (Fsp3) is 0.462. The van der Waals surface area contributed by atoms with Gasteiger partial charge in [-0.15, -0.1) is 24.0 Å². The molecule has 0 amide bonds. The third-order valence-electron chi connectivity index (χ3n) is 3.01. The van der Waals surface area contributed by atoms with Crippen LogP contribution in [0.15, 0.2) is 29.3 Å². The molecule has 3 N–H and O–H groups in total. The highest BCUT2D eigenvalue weighted by Crippen LogP contribution is 2.32. The second-order valence-electron chi connectivity index (χ2n) is 4.47. The Balaban J connectivity index is 0.00000144. The summed E-state index contributed by atoms with van der Waals surface area (Å²) < 4.78 is 0. The molecule has 2 atom stereocenters. The Labute approximate surface area is 120 Å². The minimum absolute atomic E-state index is 0. The van der Waals surface area contributed by atoms with E-state index in [1.54, 1.807) is 0 Å². The van der Waals surface area contributed by atoms with E-state index in [4.69, 9.17) is 5.73 Å². The molecular weight excluding hydrogens is 325 g/mol. The van der Waals surface area contributed by atoms with Crippen molar-refractivity contribution in [2.45, 2.75) is 32.7 Å². The van der Waals surface area contributed by atoms with Gasteiger partial charge < -0.3 is 11.1 Å². The first kappa shape index (κ1) is 14.3. The van der Waals surface area contributed by atoms with E-state index < -0.39 is 0 Å². The quantitative estimate of drug-likeness (QED) is 0.503. The lowest BCUT2D eigenvalue weighted by atomic mass is 10.1. The van der Waals surface area contributed by atoms with Crippen LogP contribution in [0, 0.1) is 5.92 Å². The van der Waals surface area contributed by atoms with E-state index in [2.05, 4.69) is 36.3 Å². The molecule has 1 aromatic carbocycles. The number of nitrogens with two attached hydrogens (primary N) is 1. The number of guanidine groups is 1. The van der Waals surface area contributed by atoms with Gasteiger partial charge in [0.1, 0.15) is 0 Å². The second-order valence-corrected chi connectivity index (χ2v) is 4.47. The Morgan fingerprint density at radius 3 is 2.47 bits per heavy atom. The van der Waals surface area contributed by atoms with E-state index in [0.717, 1.165) is 18.5 Å². The minimum Gasteiger partial charge on any atom is -0.370 e. The maximum atomic E-state index is 5.82. The second kappa shape index (κ2) is 6.23. The van der Waals surface area contributed by atoms with Crippen LogP contribution in [0.1, 0.15) is 25.8 Å². The molecule has 2 rings (SSSR count). The molecule has 1 saturated carbocycles. The molecule has 1 aliphatic carbocycles. The summed E-state index contributed by atoms with van der Waals surface area (Å²) in [4.78, 5) is 4.39. The molecule has 0 heterocycles. The number of nitrogens with one attached hydrogen (secondary N) is 1. The smallest absolute Gasteiger partial charge is 0.193 e. The van der Waals surface area contributed by atoms with E-state index >= 15 is 0 Å². The predicted octanol–water partition coefficient (Wildman–Crippen LogP) is 3.00. The number of halogens is 1. The van der Waals surface area contributed by atoms with E-state index in [1.165, 1.54) is 5.56 Å². The standard InChI is InChI=1S/C13H19N3.HI/c1-3-10-4-6-11(7-5-10)15-13(14)16-12-8-9(12)2;/h4-7,9,12H,3,8H2,1-2H3,(H3,14,15,16);1H. The monoisotopic (exact) mass is 345 g/mol. The molecule has 0 bridgehead atoms. The first-order valence-electron chi connectivity index (χ1n) is 5.88. The van der Waals surface area contributed by atoms with Crippen LogP contribution in [-0.2, 0) is 6.42 Å². The van der Waals surface area contributed by atoms with Gasteiger partial charge in [0, 0.05) is 5.69 Å². The van der Waals surface area contributed by atoms with E-state index in [0.29, 0.717) is 17.9 Å². The number of aryl methyl sites for hydroxylation is 1. The van der Waals surface area contributed by atoms with Crippen LogP contribution in [0.2, 0.25) is 0 Å². The molecule has 1 aromatic rings. The summed E-state index contributed by atoms with van der Waals surface area (Å²) >= 11 is 0. The molecule has 0 saturated heterocycles. The van der Waals surface area contributed by atoms with Gasteiger partial charge in [0.25, 0.3) is 0 Å². The van der Waals surface area contributed by atoms with Gasteiger partial charge in [-0.3, -0.25) is 0 Å². The summed E-state index contributed by atoms with van der Waals surface area (Å²) in [5.74, 6) is 1.22. The third-order valence-corrected chi connectivity index (χ3v) is 3.01. The van der Waals surface area contributed by atoms with Crippen LogP contribution in [0.3, 0.4) is 0 Å². The molecule has 2 unspecified atom stereocenters. The van der Waals surface area contributed by atoms with Gasteiger partial charge >= 0.3 is 0 Å². The lowest BCUT2D eigenvalue weighted by molar-refractivity contribution is 0.893. The summed E-state index contributed by atoms with van der Waals surface area (Å²) in [6, 6.07) is 8.72. The maximum absolute atomic E-state index is 5.82. The molecule has 4 heteroatoms. The Kier molecular flexibility index (Phi) is 5.24. The summed E-state index contributed by atoms with van der Waals surface area (Å²) in [5, 5.41) is 3.11. The van der Waals surface area contributed by atoms with Gasteiger partial charge in [0.05, 0.1) is 6.04 Å². The van der Waals surface area contributed by atoms with Crippen LogP contribution < -0.4 is 11.1 Å². The highest BCUT2D eigenvalue weighted by atomic mass is 127. The Morgan fingerprint density at radius 2 is 2.00 bits per heavy atom. The summed E-state index contributed by atoms with van der Waals surface area (Å²) in [6.45, 7) is 4.34. The van der Waals surface area contributed by atoms with Crippen LogP contribution >= 0.6 is 24.0 Å². The number of rotatable bonds is 3. The van der Waals surface area contributed by atoms with Crippen molar-refractivity contribution in [3.63, 3.8) is 0 Å². The zero-order valence-electron chi connectivity index (χ0n) is 10.3. The highest BCUT2D eigenvalue weighted by Gasteiger charge is 2.32. The zero-order chi connectivity index (χ0) is 11.5. The summed E-state index contributed by atoms with van der Waals surface area (Å²) in [7, 11) is 0. The molecule has 0 spiro atoms. The van der Waals surface area contributed by atoms with Crippen LogP contribution in [-0.4, -0.2) is 12.0 Å². The molecule has 0 radical (unpaired) electrons. The molecule has 1 fully saturated rings. The van der Waals surface area contributed by atoms with Crippen molar-refractivity contribution >= 4 is 35.6 Å². The van der Waals surface area contributed by atoms with Gasteiger partial charge in [-0.2, -0.15) is 0 Å². The van der Waals surface area contributed by atoms with Crippen molar-refractivity contribution in [3.8, 4) is 0 Å². The van der Waals surface area contributed by atoms with Crippen LogP contribution in [0.4, 0.5) is 5.69 Å². The van der Waals surface area contributed by atoms with E-state index in [9.17, 15) is 0 Å². The van der Waals surface area contributed by atoms with Gasteiger partial charge in [-0.1, -0.05) is 26.0 Å². The largest absolute Gasteiger partial charge is 0.370 e. The van der Waals surface area contributed by atoms with Gasteiger partial charge in [0.15, 0.2) is 5.96 Å². The minimum atomic E-state index is 0. The number of anilines is 1.